The van der Waals surface area contributed by atoms with Crippen LogP contribution >= 0.6 is 11.6 Å². The smallest absolute Gasteiger partial charge is 0.303 e. The number of aliphatic carboxylic acids is 1. The van der Waals surface area contributed by atoms with Crippen LogP contribution in [0, 0.1) is 5.82 Å². The van der Waals surface area contributed by atoms with Gasteiger partial charge in [-0.2, -0.15) is 0 Å². The van der Waals surface area contributed by atoms with Crippen LogP contribution in [0.3, 0.4) is 0 Å². The summed E-state index contributed by atoms with van der Waals surface area (Å²) in [7, 11) is 3.21. The summed E-state index contributed by atoms with van der Waals surface area (Å²) in [5, 5.41) is 11.0. The first kappa shape index (κ1) is 33.5. The SMILES string of the molecule is COc1ccc(CN2CCC(F)(F)CC2)c(OC)c1-c1cccc2c(CCC(=O)O)cccc12.NC(=O)c1c(F)cncc1Cl. The summed E-state index contributed by atoms with van der Waals surface area (Å²) in [5.74, 6) is -3.82. The van der Waals surface area contributed by atoms with Crippen molar-refractivity contribution in [3.63, 3.8) is 0 Å². The normalized spacial score (nSPS) is 14.4. The molecule has 1 aromatic heterocycles. The first-order valence-electron chi connectivity index (χ1n) is 14.1. The van der Waals surface area contributed by atoms with Crippen LogP contribution in [-0.4, -0.2) is 60.1 Å². The van der Waals surface area contributed by atoms with Gasteiger partial charge in [0.15, 0.2) is 5.82 Å². The van der Waals surface area contributed by atoms with Gasteiger partial charge in [-0.3, -0.25) is 19.5 Å². The fourth-order valence-corrected chi connectivity index (χ4v) is 5.61. The van der Waals surface area contributed by atoms with E-state index in [1.165, 1.54) is 0 Å². The van der Waals surface area contributed by atoms with Crippen molar-refractivity contribution < 1.29 is 37.3 Å². The van der Waals surface area contributed by atoms with Gasteiger partial charge in [-0.15, -0.1) is 0 Å². The van der Waals surface area contributed by atoms with Gasteiger partial charge in [0, 0.05) is 50.7 Å². The minimum absolute atomic E-state index is 0.0559. The maximum absolute atomic E-state index is 13.6. The van der Waals surface area contributed by atoms with Gasteiger partial charge < -0.3 is 20.3 Å². The summed E-state index contributed by atoms with van der Waals surface area (Å²) in [5.41, 5.74) is 8.08. The Kier molecular flexibility index (Phi) is 10.9. The summed E-state index contributed by atoms with van der Waals surface area (Å²) in [6.45, 7) is 1.17. The number of benzene rings is 3. The highest BCUT2D eigenvalue weighted by Crippen LogP contribution is 2.44. The Morgan fingerprint density at radius 3 is 2.29 bits per heavy atom. The Morgan fingerprint density at radius 1 is 1.00 bits per heavy atom. The molecule has 12 heteroatoms. The molecule has 1 saturated heterocycles. The number of methoxy groups -OCH3 is 2. The quantitative estimate of drug-likeness (QED) is 0.207. The lowest BCUT2D eigenvalue weighted by Crippen LogP contribution is -2.38. The topological polar surface area (TPSA) is 115 Å². The van der Waals surface area contributed by atoms with Gasteiger partial charge in [-0.1, -0.05) is 54.1 Å². The number of hydrogen-bond donors (Lipinski definition) is 2. The van der Waals surface area contributed by atoms with Crippen LogP contribution in [0.25, 0.3) is 21.9 Å². The molecule has 0 spiro atoms. The van der Waals surface area contributed by atoms with Crippen LogP contribution in [-0.2, 0) is 17.8 Å². The van der Waals surface area contributed by atoms with Crippen LogP contribution in [0.5, 0.6) is 11.5 Å². The number of carboxylic acid groups (broad SMARTS) is 1. The number of pyridine rings is 1. The van der Waals surface area contributed by atoms with Crippen molar-refractivity contribution in [2.75, 3.05) is 27.3 Å². The number of alkyl halides is 2. The Bertz CT molecular complexity index is 1670. The summed E-state index contributed by atoms with van der Waals surface area (Å²) in [6.07, 6.45) is 2.25. The maximum Gasteiger partial charge on any atom is 0.303 e. The molecule has 8 nitrogen and oxygen atoms in total. The molecule has 0 aliphatic carbocycles. The van der Waals surface area contributed by atoms with Gasteiger partial charge >= 0.3 is 5.97 Å². The Morgan fingerprint density at radius 2 is 1.69 bits per heavy atom. The van der Waals surface area contributed by atoms with Gasteiger partial charge in [0.1, 0.15) is 11.5 Å². The zero-order valence-corrected chi connectivity index (χ0v) is 25.5. The molecule has 0 unspecified atom stereocenters. The van der Waals surface area contributed by atoms with Crippen LogP contribution in [0.1, 0.15) is 40.7 Å². The van der Waals surface area contributed by atoms with Gasteiger partial charge in [0.2, 0.25) is 0 Å². The minimum Gasteiger partial charge on any atom is -0.496 e. The van der Waals surface area contributed by atoms with Crippen molar-refractivity contribution in [1.82, 2.24) is 9.88 Å². The molecule has 3 aromatic carbocycles. The predicted molar refractivity (Wildman–Crippen MR) is 166 cm³/mol. The van der Waals surface area contributed by atoms with E-state index in [-0.39, 0.29) is 29.8 Å². The molecule has 1 aliphatic rings. The number of likely N-dealkylation sites (tertiary alicyclic amines) is 1. The molecule has 1 aliphatic heterocycles. The number of aromatic nitrogens is 1. The van der Waals surface area contributed by atoms with E-state index >= 15 is 0 Å². The molecule has 45 heavy (non-hydrogen) atoms. The second-order valence-corrected chi connectivity index (χ2v) is 10.9. The van der Waals surface area contributed by atoms with Crippen molar-refractivity contribution in [1.29, 1.82) is 0 Å². The second-order valence-electron chi connectivity index (χ2n) is 10.5. The number of carbonyl (C=O) groups excluding carboxylic acids is 1. The van der Waals surface area contributed by atoms with Crippen LogP contribution in [0.2, 0.25) is 5.02 Å². The molecule has 4 aromatic rings. The van der Waals surface area contributed by atoms with E-state index in [2.05, 4.69) is 4.98 Å². The Labute approximate surface area is 263 Å². The van der Waals surface area contributed by atoms with Crippen LogP contribution < -0.4 is 15.2 Å². The number of amides is 1. The monoisotopic (exact) mass is 643 g/mol. The molecule has 1 fully saturated rings. The molecular formula is C33H33ClF3N3O5. The number of rotatable bonds is 9. The van der Waals surface area contributed by atoms with Crippen molar-refractivity contribution in [2.45, 2.75) is 38.2 Å². The third-order valence-electron chi connectivity index (χ3n) is 7.60. The molecule has 0 radical (unpaired) electrons. The highest BCUT2D eigenvalue weighted by Gasteiger charge is 2.34. The predicted octanol–water partition coefficient (Wildman–Crippen LogP) is 6.75. The molecule has 1 amide bonds. The summed E-state index contributed by atoms with van der Waals surface area (Å²) in [6, 6.07) is 15.6. The first-order chi connectivity index (χ1) is 21.5. The molecule has 3 N–H and O–H groups in total. The van der Waals surface area contributed by atoms with Crippen molar-refractivity contribution in [2.24, 2.45) is 5.73 Å². The Hall–Kier alpha value is -4.35. The zero-order chi connectivity index (χ0) is 32.7. The highest BCUT2D eigenvalue weighted by molar-refractivity contribution is 6.33. The van der Waals surface area contributed by atoms with Crippen molar-refractivity contribution >= 4 is 34.2 Å². The van der Waals surface area contributed by atoms with Gasteiger partial charge in [0.05, 0.1) is 36.6 Å². The van der Waals surface area contributed by atoms with E-state index in [4.69, 9.17) is 31.9 Å². The van der Waals surface area contributed by atoms with Crippen LogP contribution in [0.4, 0.5) is 13.2 Å². The van der Waals surface area contributed by atoms with E-state index in [0.717, 1.165) is 45.4 Å². The number of ether oxygens (including phenoxy) is 2. The van der Waals surface area contributed by atoms with E-state index in [9.17, 15) is 22.8 Å². The largest absolute Gasteiger partial charge is 0.496 e. The standard InChI is InChI=1S/C27H29F2NO4.C6H4ClFN2O/c1-33-23-11-9-19(17-30-15-13-27(28,29)14-16-30)26(34-2)25(23)22-8-4-6-20-18(10-12-24(31)32)5-3-7-21(20)22;7-3-1-10-2-4(8)5(3)6(9)11/h3-9,11H,10,12-17H2,1-2H3,(H,31,32);1-2H,(H2,9,11). The molecule has 0 saturated carbocycles. The number of carboxylic acids is 1. The fourth-order valence-electron chi connectivity index (χ4n) is 5.37. The molecule has 238 valence electrons. The molecule has 0 atom stereocenters. The number of fused-ring (bicyclic) bond motifs is 1. The number of nitrogens with zero attached hydrogens (tertiary/aromatic N) is 2. The number of carbonyl (C=O) groups is 2. The van der Waals surface area contributed by atoms with E-state index in [1.54, 1.807) is 14.2 Å². The summed E-state index contributed by atoms with van der Waals surface area (Å²) in [4.78, 5) is 27.1. The van der Waals surface area contributed by atoms with Gasteiger partial charge in [0.25, 0.3) is 11.8 Å². The van der Waals surface area contributed by atoms with E-state index < -0.39 is 23.6 Å². The lowest BCUT2D eigenvalue weighted by molar-refractivity contribution is -0.136. The van der Waals surface area contributed by atoms with Gasteiger partial charge in [-0.25, -0.2) is 13.2 Å². The third-order valence-corrected chi connectivity index (χ3v) is 7.88. The van der Waals surface area contributed by atoms with E-state index in [0.29, 0.717) is 37.6 Å². The van der Waals surface area contributed by atoms with Crippen LogP contribution in [0.15, 0.2) is 60.9 Å². The van der Waals surface area contributed by atoms with Crippen molar-refractivity contribution in [3.05, 3.63) is 88.5 Å². The number of primary amides is 1. The maximum atomic E-state index is 13.6. The summed E-state index contributed by atoms with van der Waals surface area (Å²) < 4.78 is 51.5. The third kappa shape index (κ3) is 8.03. The molecule has 0 bridgehead atoms. The number of halogens is 4. The molecular weight excluding hydrogens is 611 g/mol. The number of hydrogen-bond acceptors (Lipinski definition) is 6. The highest BCUT2D eigenvalue weighted by atomic mass is 35.5. The lowest BCUT2D eigenvalue weighted by Gasteiger charge is -2.32. The number of nitrogens with two attached hydrogens (primary N) is 1. The molecule has 5 rings (SSSR count). The van der Waals surface area contributed by atoms with Crippen molar-refractivity contribution in [3.8, 4) is 22.6 Å². The zero-order valence-electron chi connectivity index (χ0n) is 24.8. The lowest BCUT2D eigenvalue weighted by atomic mass is 9.92. The summed E-state index contributed by atoms with van der Waals surface area (Å²) >= 11 is 5.42. The Balaban J connectivity index is 0.000000354. The first-order valence-corrected chi connectivity index (χ1v) is 14.5. The fraction of sp³-hybridized carbons (Fsp3) is 0.303. The average Bonchev–Trinajstić information content (AvgIpc) is 3.00. The minimum atomic E-state index is -2.59. The number of piperidine rings is 1. The number of aryl methyl sites for hydroxylation is 1. The van der Waals surface area contributed by atoms with Gasteiger partial charge in [-0.05, 0) is 34.4 Å². The second kappa shape index (κ2) is 14.6. The average molecular weight is 644 g/mol. The molecule has 2 heterocycles. The van der Waals surface area contributed by atoms with E-state index in [1.807, 2.05) is 53.4 Å².